The van der Waals surface area contributed by atoms with Crippen LogP contribution in [0.25, 0.3) is 11.0 Å². The number of alkyl carbamates (subject to hydrolysis) is 1. The van der Waals surface area contributed by atoms with Crippen molar-refractivity contribution in [3.63, 3.8) is 0 Å². The van der Waals surface area contributed by atoms with Crippen LogP contribution in [-0.2, 0) is 35.6 Å². The first-order chi connectivity index (χ1) is 26.7. The Morgan fingerprint density at radius 2 is 1.77 bits per heavy atom. The molecule has 5 atom stereocenters. The minimum Gasteiger partial charge on any atom is -0.497 e. The maximum atomic E-state index is 14.2. The van der Waals surface area contributed by atoms with Crippen LogP contribution in [0.2, 0.25) is 0 Å². The molecule has 5 aliphatic carbocycles. The van der Waals surface area contributed by atoms with Crippen LogP contribution in [0.3, 0.4) is 0 Å². The Bertz CT molecular complexity index is 1950. The van der Waals surface area contributed by atoms with E-state index in [1.54, 1.807) is 25.1 Å². The molecular formula is C38H50F2N6O9S. The van der Waals surface area contributed by atoms with Gasteiger partial charge in [0, 0.05) is 12.0 Å². The summed E-state index contributed by atoms with van der Waals surface area (Å²) in [5.41, 5.74) is -0.528. The quantitative estimate of drug-likeness (QED) is 0.210. The summed E-state index contributed by atoms with van der Waals surface area (Å²) >= 11 is 0. The number of nitrogens with zero attached hydrogens (tertiary/aromatic N) is 3. The molecule has 5 saturated carbocycles. The summed E-state index contributed by atoms with van der Waals surface area (Å²) in [6.07, 6.45) is 2.28. The van der Waals surface area contributed by atoms with Crippen LogP contribution in [0.4, 0.5) is 13.6 Å². The van der Waals surface area contributed by atoms with E-state index < -0.39 is 88.0 Å². The number of ether oxygens (including phenoxy) is 3. The van der Waals surface area contributed by atoms with E-state index in [0.29, 0.717) is 53.6 Å². The van der Waals surface area contributed by atoms with Crippen LogP contribution >= 0.6 is 0 Å². The molecule has 0 unspecified atom stereocenters. The molecule has 1 saturated heterocycles. The number of methoxy groups -OCH3 is 1. The van der Waals surface area contributed by atoms with Crippen LogP contribution in [0, 0.1) is 23.7 Å². The molecule has 306 valence electrons. The molecule has 15 nitrogen and oxygen atoms in total. The van der Waals surface area contributed by atoms with Gasteiger partial charge in [-0.05, 0) is 81.8 Å². The molecule has 3 N–H and O–H groups in total. The van der Waals surface area contributed by atoms with E-state index in [-0.39, 0.29) is 18.5 Å². The van der Waals surface area contributed by atoms with Crippen molar-refractivity contribution in [1.29, 1.82) is 0 Å². The molecule has 2 bridgehead atoms. The van der Waals surface area contributed by atoms with Gasteiger partial charge in [0.25, 0.3) is 5.91 Å². The lowest BCUT2D eigenvalue weighted by atomic mass is 9.64. The number of fused-ring (bicyclic) bond motifs is 3. The summed E-state index contributed by atoms with van der Waals surface area (Å²) in [6.45, 7) is 3.02. The number of nitrogens with one attached hydrogen (secondary N) is 3. The number of hydrogen-bond acceptors (Lipinski definition) is 11. The van der Waals surface area contributed by atoms with Gasteiger partial charge in [0.1, 0.15) is 41.8 Å². The molecule has 2 heterocycles. The standard InChI is InChI=1S/C38H50F2N6O9S/c1-4-5-6-7-28-35(43-29-16-23(53-3)8-11-27(29)42-28)55-30-19-46(31(47)18-41-37(50)54-24-14-21-12-22(13-21)15-24)32(20(30)2)34(48)44-38(17-26(38)33(39)40)36(49)45-56(51,52)25-9-10-25/h8,11,16,20-22,24-26,30,32-33H,4-7,9-10,12-15,17-19H2,1-3H3,(H,41,50)(H,44,48)(H,45,49)/t20-,21?,22?,24?,26+,30+,32+,38-/m1/s1. The fourth-order valence-electron chi connectivity index (χ4n) is 8.53. The Hall–Kier alpha value is -4.35. The average molecular weight is 805 g/mol. The van der Waals surface area contributed by atoms with Gasteiger partial charge in [-0.3, -0.25) is 19.1 Å². The zero-order chi connectivity index (χ0) is 39.9. The van der Waals surface area contributed by atoms with Gasteiger partial charge in [-0.25, -0.2) is 32.0 Å². The second kappa shape index (κ2) is 15.9. The van der Waals surface area contributed by atoms with Crippen molar-refractivity contribution < 1.29 is 50.6 Å². The van der Waals surface area contributed by atoms with Gasteiger partial charge in [0.2, 0.25) is 34.1 Å². The molecule has 6 fully saturated rings. The van der Waals surface area contributed by atoms with Gasteiger partial charge in [-0.2, -0.15) is 0 Å². The van der Waals surface area contributed by atoms with Crippen LogP contribution in [0.1, 0.15) is 83.7 Å². The second-order valence-electron chi connectivity index (χ2n) is 16.1. The highest BCUT2D eigenvalue weighted by atomic mass is 32.2. The van der Waals surface area contributed by atoms with Crippen LogP contribution in [0.15, 0.2) is 18.2 Å². The Labute approximate surface area is 324 Å². The van der Waals surface area contributed by atoms with Crippen LogP contribution in [0.5, 0.6) is 11.6 Å². The molecule has 4 amide bonds. The molecule has 0 spiro atoms. The first kappa shape index (κ1) is 39.9. The Morgan fingerprint density at radius 3 is 2.41 bits per heavy atom. The van der Waals surface area contributed by atoms with Gasteiger partial charge in [-0.15, -0.1) is 0 Å². The first-order valence-corrected chi connectivity index (χ1v) is 21.2. The smallest absolute Gasteiger partial charge is 0.407 e. The highest BCUT2D eigenvalue weighted by molar-refractivity contribution is 7.91. The highest BCUT2D eigenvalue weighted by Crippen LogP contribution is 2.49. The number of sulfonamides is 1. The van der Waals surface area contributed by atoms with E-state index in [0.717, 1.165) is 44.9 Å². The molecule has 1 aromatic heterocycles. The number of benzene rings is 1. The van der Waals surface area contributed by atoms with Crippen molar-refractivity contribution >= 4 is 44.9 Å². The van der Waals surface area contributed by atoms with Crippen LogP contribution in [-0.4, -0.2) is 103 Å². The Morgan fingerprint density at radius 1 is 1.04 bits per heavy atom. The number of unbranched alkanes of at least 4 members (excludes halogenated alkanes) is 2. The van der Waals surface area contributed by atoms with Crippen molar-refractivity contribution in [2.75, 3.05) is 20.2 Å². The molecule has 8 rings (SSSR count). The van der Waals surface area contributed by atoms with Gasteiger partial charge >= 0.3 is 6.09 Å². The van der Waals surface area contributed by atoms with E-state index in [9.17, 15) is 36.4 Å². The second-order valence-corrected chi connectivity index (χ2v) is 18.1. The van der Waals surface area contributed by atoms with Crippen molar-refractivity contribution in [3.8, 4) is 11.6 Å². The third-order valence-corrected chi connectivity index (χ3v) is 13.8. The number of amides is 4. The average Bonchev–Trinajstić information content (AvgIpc) is 4.08. The Kier molecular flexibility index (Phi) is 11.3. The number of halogens is 2. The number of alkyl halides is 2. The lowest BCUT2D eigenvalue weighted by Crippen LogP contribution is -2.58. The number of aromatic nitrogens is 2. The first-order valence-electron chi connectivity index (χ1n) is 19.6. The van der Waals surface area contributed by atoms with Gasteiger partial charge < -0.3 is 29.7 Å². The fourth-order valence-corrected chi connectivity index (χ4v) is 9.90. The SMILES string of the molecule is CCCCCc1nc2ccc(OC)cc2nc1O[C@H]1CN(C(=O)CNC(=O)OC2CC3CC(C3)C2)[C@H](C(=O)N[C@]2(C(=O)NS(=O)(=O)C3CC3)C[C@H]2C(F)F)[C@@H]1C. The zero-order valence-electron chi connectivity index (χ0n) is 31.8. The van der Waals surface area contributed by atoms with Gasteiger partial charge in [0.15, 0.2) is 0 Å². The predicted molar refractivity (Wildman–Crippen MR) is 197 cm³/mol. The van der Waals surface area contributed by atoms with E-state index in [1.807, 2.05) is 4.72 Å². The minimum absolute atomic E-state index is 0.166. The molecule has 0 radical (unpaired) electrons. The topological polar surface area (TPSA) is 195 Å². The summed E-state index contributed by atoms with van der Waals surface area (Å²) in [5.74, 6) is -3.50. The molecular weight excluding hydrogens is 755 g/mol. The normalized spacial score (nSPS) is 29.3. The minimum atomic E-state index is -4.12. The number of rotatable bonds is 16. The molecule has 6 aliphatic rings. The molecule has 2 aromatic rings. The number of carbonyl (C=O) groups is 4. The van der Waals surface area contributed by atoms with Crippen molar-refractivity contribution in [3.05, 3.63) is 23.9 Å². The number of aryl methyl sites for hydroxylation is 1. The summed E-state index contributed by atoms with van der Waals surface area (Å²) in [5, 5.41) is 4.12. The van der Waals surface area contributed by atoms with E-state index >= 15 is 0 Å². The van der Waals surface area contributed by atoms with Crippen LogP contribution < -0.4 is 24.8 Å². The molecule has 1 aromatic carbocycles. The van der Waals surface area contributed by atoms with Gasteiger partial charge in [0.05, 0.1) is 35.9 Å². The monoisotopic (exact) mass is 804 g/mol. The van der Waals surface area contributed by atoms with Crippen molar-refractivity contribution in [2.24, 2.45) is 23.7 Å². The largest absolute Gasteiger partial charge is 0.497 e. The summed E-state index contributed by atoms with van der Waals surface area (Å²) in [6, 6.07) is 3.90. The van der Waals surface area contributed by atoms with Crippen molar-refractivity contribution in [1.82, 2.24) is 30.2 Å². The molecule has 56 heavy (non-hydrogen) atoms. The summed E-state index contributed by atoms with van der Waals surface area (Å²) in [4.78, 5) is 65.1. The van der Waals surface area contributed by atoms with E-state index in [4.69, 9.17) is 24.2 Å². The maximum absolute atomic E-state index is 14.2. The lowest BCUT2D eigenvalue weighted by molar-refractivity contribution is -0.140. The number of hydrogen-bond donors (Lipinski definition) is 3. The predicted octanol–water partition coefficient (Wildman–Crippen LogP) is 3.63. The van der Waals surface area contributed by atoms with E-state index in [1.165, 1.54) is 12.0 Å². The zero-order valence-corrected chi connectivity index (χ0v) is 32.6. The third-order valence-electron chi connectivity index (χ3n) is 12.0. The lowest BCUT2D eigenvalue weighted by Gasteiger charge is -2.44. The number of likely N-dealkylation sites (tertiary alicyclic amines) is 1. The Balaban J connectivity index is 1.13. The highest BCUT2D eigenvalue weighted by Gasteiger charge is 2.67. The fraction of sp³-hybridized carbons (Fsp3) is 0.684. The molecule has 1 aliphatic heterocycles. The summed E-state index contributed by atoms with van der Waals surface area (Å²) < 4.78 is 72.9. The third kappa shape index (κ3) is 8.35. The van der Waals surface area contributed by atoms with Gasteiger partial charge in [-0.1, -0.05) is 26.7 Å². The number of carbonyl (C=O) groups excluding carboxylic acids is 4. The summed E-state index contributed by atoms with van der Waals surface area (Å²) in [7, 11) is -2.60. The maximum Gasteiger partial charge on any atom is 0.407 e. The molecule has 18 heteroatoms. The van der Waals surface area contributed by atoms with E-state index in [2.05, 4.69) is 17.6 Å². The van der Waals surface area contributed by atoms with Crippen molar-refractivity contribution in [2.45, 2.75) is 120 Å².